The van der Waals surface area contributed by atoms with E-state index in [0.29, 0.717) is 0 Å². The van der Waals surface area contributed by atoms with Crippen molar-refractivity contribution < 1.29 is 19.5 Å². The predicted molar refractivity (Wildman–Crippen MR) is 252 cm³/mol. The van der Waals surface area contributed by atoms with Gasteiger partial charge < -0.3 is 0 Å². The molecular formula is C50H31N7RuS3. The van der Waals surface area contributed by atoms with E-state index < -0.39 is 0 Å². The Labute approximate surface area is 375 Å². The standard InChI is InChI=1S/C26H15N3S3.2C12H8N2.Ru/c1-4-15-17-14-18(29-24(17)16-5-2-12-28-26(16)25(15)27-11-1)19-7-8-22(31-19)23-10-9-21(32-23)20-6-3-13-30-20;2*1-3-9-5-6-10-4-2-8-14-12(10)11(9)13-7-1;/h1-13H,14H2;2*1-8H;. The Morgan fingerprint density at radius 2 is 0.770 bits per heavy atom. The second-order valence-corrected chi connectivity index (χ2v) is 17.2. The summed E-state index contributed by atoms with van der Waals surface area (Å²) in [6, 6.07) is 45.7. The Morgan fingerprint density at radius 3 is 1.26 bits per heavy atom. The van der Waals surface area contributed by atoms with Crippen LogP contribution in [0.2, 0.25) is 0 Å². The molecule has 0 saturated heterocycles. The van der Waals surface area contributed by atoms with E-state index in [1.807, 2.05) is 71.5 Å². The van der Waals surface area contributed by atoms with Crippen LogP contribution in [0.4, 0.5) is 5.69 Å². The monoisotopic (exact) mass is 927 g/mol. The number of thiophene rings is 3. The molecule has 0 spiro atoms. The van der Waals surface area contributed by atoms with Gasteiger partial charge in [-0.15, -0.1) is 34.0 Å². The summed E-state index contributed by atoms with van der Waals surface area (Å²) in [5, 5.41) is 8.92. The average Bonchev–Trinajstić information content (AvgIpc) is 4.17. The predicted octanol–water partition coefficient (Wildman–Crippen LogP) is 13.5. The van der Waals surface area contributed by atoms with Gasteiger partial charge in [-0.3, -0.25) is 34.9 Å². The summed E-state index contributed by atoms with van der Waals surface area (Å²) in [6.07, 6.45) is 11.7. The van der Waals surface area contributed by atoms with E-state index in [1.165, 1.54) is 29.9 Å². The first-order valence-corrected chi connectivity index (χ1v) is 21.9. The van der Waals surface area contributed by atoms with Gasteiger partial charge in [-0.1, -0.05) is 60.7 Å². The molecule has 9 aromatic heterocycles. The van der Waals surface area contributed by atoms with Crippen molar-refractivity contribution in [1.29, 1.82) is 0 Å². The summed E-state index contributed by atoms with van der Waals surface area (Å²) in [5.41, 5.74) is 9.24. The number of fused-ring (bicyclic) bond motifs is 12. The Bertz CT molecular complexity index is 3340. The van der Waals surface area contributed by atoms with E-state index in [-0.39, 0.29) is 19.5 Å². The largest absolute Gasteiger partial charge is 0.254 e. The zero-order valence-corrected chi connectivity index (χ0v) is 36.3. The van der Waals surface area contributed by atoms with E-state index in [2.05, 4.69) is 132 Å². The molecule has 0 radical (unpaired) electrons. The second-order valence-electron chi connectivity index (χ2n) is 14.1. The first-order chi connectivity index (χ1) is 29.7. The fraction of sp³-hybridized carbons (Fsp3) is 0.0200. The molecule has 0 atom stereocenters. The summed E-state index contributed by atoms with van der Waals surface area (Å²) >= 11 is 5.47. The first-order valence-electron chi connectivity index (χ1n) is 19.4. The minimum Gasteiger partial charge on any atom is -0.254 e. The van der Waals surface area contributed by atoms with E-state index in [9.17, 15) is 0 Å². The number of pyridine rings is 6. The molecule has 0 amide bonds. The minimum absolute atomic E-state index is 0. The Balaban J connectivity index is 0.000000127. The molecule has 0 N–H and O–H groups in total. The van der Waals surface area contributed by atoms with Gasteiger partial charge in [0.2, 0.25) is 0 Å². The van der Waals surface area contributed by atoms with Gasteiger partial charge in [0.25, 0.3) is 0 Å². The van der Waals surface area contributed by atoms with Crippen LogP contribution in [0.1, 0.15) is 10.4 Å². The Kier molecular flexibility index (Phi) is 10.7. The maximum atomic E-state index is 5.12. The van der Waals surface area contributed by atoms with Gasteiger partial charge in [-0.05, 0) is 83.7 Å². The van der Waals surface area contributed by atoms with Crippen LogP contribution in [-0.2, 0) is 25.9 Å². The number of benzene rings is 3. The van der Waals surface area contributed by atoms with Crippen molar-refractivity contribution in [1.82, 2.24) is 29.9 Å². The zero-order valence-electron chi connectivity index (χ0n) is 32.2. The van der Waals surface area contributed by atoms with Crippen LogP contribution in [0.5, 0.6) is 0 Å². The van der Waals surface area contributed by atoms with Crippen LogP contribution in [0, 0.1) is 0 Å². The molecule has 61 heavy (non-hydrogen) atoms. The van der Waals surface area contributed by atoms with E-state index >= 15 is 0 Å². The van der Waals surface area contributed by atoms with Crippen molar-refractivity contribution >= 4 is 111 Å². The van der Waals surface area contributed by atoms with E-state index in [1.54, 1.807) is 36.1 Å². The van der Waals surface area contributed by atoms with Crippen LogP contribution >= 0.6 is 34.0 Å². The molecule has 0 aliphatic carbocycles. The third-order valence-electron chi connectivity index (χ3n) is 10.5. The maximum absolute atomic E-state index is 5.12. The summed E-state index contributed by atoms with van der Waals surface area (Å²) in [6.45, 7) is 0. The summed E-state index contributed by atoms with van der Waals surface area (Å²) in [7, 11) is 0. The quantitative estimate of drug-likeness (QED) is 0.130. The number of hydrogen-bond donors (Lipinski definition) is 0. The van der Waals surface area contributed by atoms with E-state index in [4.69, 9.17) is 4.99 Å². The van der Waals surface area contributed by atoms with Crippen molar-refractivity contribution in [3.63, 3.8) is 0 Å². The molecule has 0 bridgehead atoms. The molecule has 0 unspecified atom stereocenters. The number of aliphatic imine (C=N–C) groups is 1. The third kappa shape index (κ3) is 7.40. The van der Waals surface area contributed by atoms with Crippen LogP contribution in [-0.4, -0.2) is 35.6 Å². The molecule has 7 nitrogen and oxygen atoms in total. The zero-order chi connectivity index (χ0) is 39.8. The molecule has 12 aromatic rings. The molecular weight excluding hydrogens is 896 g/mol. The number of nitrogens with zero attached hydrogens (tertiary/aromatic N) is 7. The summed E-state index contributed by atoms with van der Waals surface area (Å²) in [4.78, 5) is 38.3. The van der Waals surface area contributed by atoms with Crippen molar-refractivity contribution in [3.05, 3.63) is 186 Å². The van der Waals surface area contributed by atoms with Gasteiger partial charge in [0.05, 0.1) is 44.5 Å². The summed E-state index contributed by atoms with van der Waals surface area (Å²) < 4.78 is 0. The molecule has 0 fully saturated rings. The maximum Gasteiger partial charge on any atom is 0.0986 e. The smallest absolute Gasteiger partial charge is 0.0986 e. The molecule has 3 aromatic carbocycles. The molecule has 292 valence electrons. The Morgan fingerprint density at radius 1 is 0.361 bits per heavy atom. The molecule has 13 rings (SSSR count). The number of hydrogen-bond acceptors (Lipinski definition) is 10. The van der Waals surface area contributed by atoms with Gasteiger partial charge in [0, 0.05) is 120 Å². The van der Waals surface area contributed by atoms with Gasteiger partial charge >= 0.3 is 0 Å². The molecule has 0 saturated carbocycles. The molecule has 11 heteroatoms. The SMILES string of the molecule is [Ru].c1cnc2c(c1)ccc1cccnc12.c1cnc2c(c1)ccc1cccnc12.c1csc(-c2ccc(-c3ccc(C4=Nc5c(c6cccnc6c6ncccc56)C4)s3)s2)c1. The minimum atomic E-state index is 0. The fourth-order valence-electron chi connectivity index (χ4n) is 7.71. The van der Waals surface area contributed by atoms with Crippen molar-refractivity contribution in [3.8, 4) is 19.5 Å². The number of aromatic nitrogens is 6. The van der Waals surface area contributed by atoms with Crippen LogP contribution in [0.15, 0.2) is 181 Å². The van der Waals surface area contributed by atoms with E-state index in [0.717, 1.165) is 83.2 Å². The third-order valence-corrected chi connectivity index (χ3v) is 14.0. The van der Waals surface area contributed by atoms with Crippen molar-refractivity contribution in [2.75, 3.05) is 0 Å². The van der Waals surface area contributed by atoms with Crippen molar-refractivity contribution in [2.45, 2.75) is 6.42 Å². The second kappa shape index (κ2) is 16.9. The topological polar surface area (TPSA) is 89.7 Å². The molecule has 1 aliphatic heterocycles. The van der Waals surface area contributed by atoms with Crippen LogP contribution < -0.4 is 0 Å². The number of rotatable bonds is 3. The normalized spacial score (nSPS) is 11.8. The van der Waals surface area contributed by atoms with Crippen LogP contribution in [0.25, 0.3) is 84.9 Å². The van der Waals surface area contributed by atoms with Gasteiger partial charge in [-0.2, -0.15) is 0 Å². The van der Waals surface area contributed by atoms with Gasteiger partial charge in [-0.25, -0.2) is 0 Å². The van der Waals surface area contributed by atoms with Crippen molar-refractivity contribution in [2.24, 2.45) is 4.99 Å². The van der Waals surface area contributed by atoms with Crippen LogP contribution in [0.3, 0.4) is 0 Å². The van der Waals surface area contributed by atoms with Gasteiger partial charge in [0.15, 0.2) is 0 Å². The average molecular weight is 927 g/mol. The molecule has 1 aliphatic rings. The summed E-state index contributed by atoms with van der Waals surface area (Å²) in [5.74, 6) is 0. The fourth-order valence-corrected chi connectivity index (χ4v) is 10.6. The first kappa shape index (κ1) is 38.7. The Hall–Kier alpha value is -6.49. The molecule has 10 heterocycles. The van der Waals surface area contributed by atoms with Gasteiger partial charge in [0.1, 0.15) is 0 Å².